The van der Waals surface area contributed by atoms with Gasteiger partial charge in [-0.15, -0.1) is 0 Å². The quantitative estimate of drug-likeness (QED) is 0.592. The average Bonchev–Trinajstić information content (AvgIpc) is 2.36. The van der Waals surface area contributed by atoms with E-state index in [1.807, 2.05) is 0 Å². The Morgan fingerprint density at radius 2 is 1.89 bits per heavy atom. The highest BCUT2D eigenvalue weighted by Crippen LogP contribution is 2.14. The molecule has 0 bridgehead atoms. The van der Waals surface area contributed by atoms with Gasteiger partial charge in [0, 0.05) is 11.8 Å². The van der Waals surface area contributed by atoms with E-state index in [2.05, 4.69) is 6.58 Å². The third kappa shape index (κ3) is 4.71. The van der Waals surface area contributed by atoms with Crippen LogP contribution in [0.5, 0.6) is 0 Å². The Kier molecular flexibility index (Phi) is 5.06. The van der Waals surface area contributed by atoms with Crippen LogP contribution in [0, 0.1) is 0 Å². The van der Waals surface area contributed by atoms with Crippen LogP contribution in [0.4, 0.5) is 0 Å². The van der Waals surface area contributed by atoms with Crippen molar-refractivity contribution in [1.82, 2.24) is 0 Å². The minimum Gasteiger partial charge on any atom is -0.497 e. The summed E-state index contributed by atoms with van der Waals surface area (Å²) in [6.07, 6.45) is 1.59. The summed E-state index contributed by atoms with van der Waals surface area (Å²) in [7, 11) is -2.10. The summed E-state index contributed by atoms with van der Waals surface area (Å²) in [6.45, 7) is 5.00. The van der Waals surface area contributed by atoms with Gasteiger partial charge >= 0.3 is 0 Å². The predicted octanol–water partition coefficient (Wildman–Crippen LogP) is 2.27. The number of carbonyl (C=O) groups is 1. The van der Waals surface area contributed by atoms with E-state index in [4.69, 9.17) is 4.74 Å². The third-order valence-corrected chi connectivity index (χ3v) is 3.82. The minimum atomic E-state index is -3.52. The lowest BCUT2D eigenvalue weighted by Crippen LogP contribution is -1.99. The molecule has 0 saturated heterocycles. The number of hydrogen-bond donors (Lipinski definition) is 0. The van der Waals surface area contributed by atoms with Crippen LogP contribution in [0.2, 0.25) is 0 Å². The van der Waals surface area contributed by atoms with Crippen molar-refractivity contribution >= 4 is 15.6 Å². The number of Topliss-reactive ketones (excluding diaryl/α,β-unsaturated/α-hetero) is 1. The Hall–Kier alpha value is -1.88. The molecule has 0 aliphatic carbocycles. The van der Waals surface area contributed by atoms with Crippen LogP contribution in [-0.4, -0.2) is 21.3 Å². The van der Waals surface area contributed by atoms with Gasteiger partial charge in [0.2, 0.25) is 0 Å². The van der Waals surface area contributed by atoms with Gasteiger partial charge in [0.25, 0.3) is 0 Å². The zero-order chi connectivity index (χ0) is 14.5. The van der Waals surface area contributed by atoms with Crippen molar-refractivity contribution in [2.24, 2.45) is 0 Å². The van der Waals surface area contributed by atoms with Gasteiger partial charge in [0.05, 0.1) is 12.0 Å². The maximum Gasteiger partial charge on any atom is 0.199 e. The van der Waals surface area contributed by atoms with Crippen LogP contribution in [0.1, 0.15) is 12.5 Å². The van der Waals surface area contributed by atoms with Gasteiger partial charge in [-0.3, -0.25) is 4.79 Å². The second-order valence-electron chi connectivity index (χ2n) is 4.04. The van der Waals surface area contributed by atoms with Crippen molar-refractivity contribution in [2.45, 2.75) is 18.2 Å². The molecule has 1 rings (SSSR count). The normalized spacial score (nSPS) is 11.5. The molecule has 0 atom stereocenters. The molecule has 0 aliphatic rings. The molecular weight excluding hydrogens is 264 g/mol. The summed E-state index contributed by atoms with van der Waals surface area (Å²) in [4.78, 5) is 11.1. The standard InChI is InChI=1S/C14H16O4S/c1-11(15)10-13-4-6-14(7-5-13)19(16,17)9-8-12(2)18-3/h4-9H,2,10H2,1,3H3/b9-8+. The Balaban J connectivity index is 2.94. The van der Waals surface area contributed by atoms with Crippen molar-refractivity contribution in [3.05, 3.63) is 53.7 Å². The van der Waals surface area contributed by atoms with Gasteiger partial charge in [-0.05, 0) is 30.7 Å². The number of rotatable bonds is 6. The van der Waals surface area contributed by atoms with Gasteiger partial charge < -0.3 is 4.74 Å². The molecule has 0 aromatic heterocycles. The molecule has 0 saturated carbocycles. The van der Waals surface area contributed by atoms with E-state index in [9.17, 15) is 13.2 Å². The van der Waals surface area contributed by atoms with E-state index < -0.39 is 9.84 Å². The molecule has 19 heavy (non-hydrogen) atoms. The topological polar surface area (TPSA) is 60.4 Å². The van der Waals surface area contributed by atoms with E-state index in [1.54, 1.807) is 12.1 Å². The number of ketones is 1. The van der Waals surface area contributed by atoms with Crippen LogP contribution in [0.25, 0.3) is 0 Å². The zero-order valence-corrected chi connectivity index (χ0v) is 11.7. The number of carbonyl (C=O) groups excluding carboxylic acids is 1. The second-order valence-corrected chi connectivity index (χ2v) is 5.87. The summed E-state index contributed by atoms with van der Waals surface area (Å²) < 4.78 is 28.6. The van der Waals surface area contributed by atoms with E-state index in [-0.39, 0.29) is 16.4 Å². The van der Waals surface area contributed by atoms with Crippen LogP contribution in [-0.2, 0) is 25.8 Å². The monoisotopic (exact) mass is 280 g/mol. The van der Waals surface area contributed by atoms with E-state index in [0.29, 0.717) is 6.42 Å². The smallest absolute Gasteiger partial charge is 0.199 e. The van der Waals surface area contributed by atoms with Crippen LogP contribution >= 0.6 is 0 Å². The van der Waals surface area contributed by atoms with Crippen LogP contribution in [0.15, 0.2) is 53.0 Å². The lowest BCUT2D eigenvalue weighted by atomic mass is 10.1. The third-order valence-electron chi connectivity index (χ3n) is 2.40. The van der Waals surface area contributed by atoms with Crippen molar-refractivity contribution < 1.29 is 17.9 Å². The minimum absolute atomic E-state index is 0.0342. The van der Waals surface area contributed by atoms with Gasteiger partial charge in [-0.25, -0.2) is 8.42 Å². The second kappa shape index (κ2) is 6.33. The Morgan fingerprint density at radius 3 is 2.37 bits per heavy atom. The first-order valence-electron chi connectivity index (χ1n) is 5.59. The van der Waals surface area contributed by atoms with Gasteiger partial charge in [-0.1, -0.05) is 18.7 Å². The van der Waals surface area contributed by atoms with Gasteiger partial charge in [0.1, 0.15) is 11.5 Å². The average molecular weight is 280 g/mol. The van der Waals surface area contributed by atoms with Crippen LogP contribution in [0.3, 0.4) is 0 Å². The fraction of sp³-hybridized carbons (Fsp3) is 0.214. The number of benzene rings is 1. The molecule has 4 nitrogen and oxygen atoms in total. The molecule has 1 aromatic rings. The first-order valence-corrected chi connectivity index (χ1v) is 7.14. The molecule has 0 spiro atoms. The molecule has 102 valence electrons. The van der Waals surface area contributed by atoms with Crippen molar-refractivity contribution in [3.63, 3.8) is 0 Å². The molecule has 0 N–H and O–H groups in total. The lowest BCUT2D eigenvalue weighted by Gasteiger charge is -2.02. The molecular formula is C14H16O4S. The first-order chi connectivity index (χ1) is 8.85. The maximum atomic E-state index is 11.9. The number of sulfone groups is 1. The van der Waals surface area contributed by atoms with Crippen molar-refractivity contribution in [3.8, 4) is 0 Å². The fourth-order valence-corrected chi connectivity index (χ4v) is 2.40. The van der Waals surface area contributed by atoms with Gasteiger partial charge in [-0.2, -0.15) is 0 Å². The molecule has 0 unspecified atom stereocenters. The Bertz CT molecular complexity index is 595. The van der Waals surface area contributed by atoms with Crippen molar-refractivity contribution in [2.75, 3.05) is 7.11 Å². The highest BCUT2D eigenvalue weighted by Gasteiger charge is 2.10. The van der Waals surface area contributed by atoms with E-state index in [1.165, 1.54) is 32.2 Å². The highest BCUT2D eigenvalue weighted by molar-refractivity contribution is 7.94. The summed E-state index contributed by atoms with van der Waals surface area (Å²) in [6, 6.07) is 6.22. The molecule has 0 fully saturated rings. The lowest BCUT2D eigenvalue weighted by molar-refractivity contribution is -0.116. The number of methoxy groups -OCH3 is 1. The number of allylic oxidation sites excluding steroid dienone is 1. The molecule has 0 heterocycles. The summed E-state index contributed by atoms with van der Waals surface area (Å²) in [5, 5.41) is 1.04. The molecule has 0 aliphatic heterocycles. The summed E-state index contributed by atoms with van der Waals surface area (Å²) in [5.41, 5.74) is 0.789. The fourth-order valence-electron chi connectivity index (χ4n) is 1.40. The largest absolute Gasteiger partial charge is 0.497 e. The Morgan fingerprint density at radius 1 is 1.32 bits per heavy atom. The number of hydrogen-bond acceptors (Lipinski definition) is 4. The molecule has 1 aromatic carbocycles. The molecule has 0 radical (unpaired) electrons. The van der Waals surface area contributed by atoms with Crippen molar-refractivity contribution in [1.29, 1.82) is 0 Å². The molecule has 5 heteroatoms. The Labute approximate surface area is 113 Å². The SMILES string of the molecule is C=C(/C=C/S(=O)(=O)c1ccc(CC(C)=O)cc1)OC. The van der Waals surface area contributed by atoms with E-state index >= 15 is 0 Å². The predicted molar refractivity (Wildman–Crippen MR) is 73.3 cm³/mol. The highest BCUT2D eigenvalue weighted by atomic mass is 32.2. The zero-order valence-electron chi connectivity index (χ0n) is 10.9. The maximum absolute atomic E-state index is 11.9. The molecule has 0 amide bonds. The van der Waals surface area contributed by atoms with Gasteiger partial charge in [0.15, 0.2) is 9.84 Å². The summed E-state index contributed by atoms with van der Waals surface area (Å²) >= 11 is 0. The summed E-state index contributed by atoms with van der Waals surface area (Å²) in [5.74, 6) is 0.295. The first kappa shape index (κ1) is 15.2. The van der Waals surface area contributed by atoms with E-state index in [0.717, 1.165) is 11.0 Å². The van der Waals surface area contributed by atoms with Crippen LogP contribution < -0.4 is 0 Å². The number of ether oxygens (including phenoxy) is 1.